The number of halogens is 7. The molecule has 0 aliphatic carbocycles. The van der Waals surface area contributed by atoms with Crippen LogP contribution in [0.1, 0.15) is 57.8 Å². The lowest BCUT2D eigenvalue weighted by molar-refractivity contribution is -0.143. The molecule has 2 aliphatic heterocycles. The molecule has 4 nitrogen and oxygen atoms in total. The van der Waals surface area contributed by atoms with Crippen molar-refractivity contribution in [1.82, 2.24) is 9.80 Å². The zero-order valence-corrected chi connectivity index (χ0v) is 23.7. The smallest absolute Gasteiger partial charge is 0.338 e. The second-order valence-corrected chi connectivity index (χ2v) is 11.5. The van der Waals surface area contributed by atoms with Crippen LogP contribution in [-0.4, -0.2) is 53.7 Å². The Bertz CT molecular complexity index is 1440. The molecule has 0 spiro atoms. The van der Waals surface area contributed by atoms with Crippen molar-refractivity contribution in [3.05, 3.63) is 106 Å². The minimum Gasteiger partial charge on any atom is -0.338 e. The summed E-state index contributed by atoms with van der Waals surface area (Å²) in [5.41, 5.74) is -2.20. The van der Waals surface area contributed by atoms with Crippen molar-refractivity contribution in [2.24, 2.45) is 5.92 Å². The predicted molar refractivity (Wildman–Crippen MR) is 149 cm³/mol. The van der Waals surface area contributed by atoms with Gasteiger partial charge in [0, 0.05) is 49.5 Å². The molecular weight excluding hydrogens is 589 g/mol. The highest BCUT2D eigenvalue weighted by Gasteiger charge is 2.41. The Kier molecular flexibility index (Phi) is 9.15. The van der Waals surface area contributed by atoms with Crippen LogP contribution in [0.5, 0.6) is 0 Å². The van der Waals surface area contributed by atoms with Gasteiger partial charge in [-0.25, -0.2) is 4.39 Å². The second-order valence-electron chi connectivity index (χ2n) is 11.5. The number of hydrogen-bond acceptors (Lipinski definition) is 3. The first-order valence-corrected chi connectivity index (χ1v) is 14.4. The van der Waals surface area contributed by atoms with Gasteiger partial charge in [0.15, 0.2) is 0 Å². The highest BCUT2D eigenvalue weighted by Crippen LogP contribution is 2.38. The van der Waals surface area contributed by atoms with E-state index in [4.69, 9.17) is 0 Å². The molecule has 1 amide bonds. The van der Waals surface area contributed by atoms with Gasteiger partial charge in [-0.2, -0.15) is 26.3 Å². The molecule has 2 aliphatic rings. The van der Waals surface area contributed by atoms with Crippen molar-refractivity contribution in [2.45, 2.75) is 50.0 Å². The summed E-state index contributed by atoms with van der Waals surface area (Å²) in [5, 5.41) is 0. The standard InChI is InChI=1S/C33H31F7N2O2/c34-27-10-8-22(9-11-27)28-20-42(31(44)24-16-25(32(35,36)37)18-26(17-24)33(38,39)40)14-12-29(28)41-13-4-7-23(19-41)30(43)15-21-5-2-1-3-6-21/h1-3,5-6,8-11,16-18,23,28-29H,4,7,12-15,19-20H2. The van der Waals surface area contributed by atoms with Gasteiger partial charge >= 0.3 is 12.4 Å². The van der Waals surface area contributed by atoms with Crippen LogP contribution in [-0.2, 0) is 23.6 Å². The molecule has 2 fully saturated rings. The summed E-state index contributed by atoms with van der Waals surface area (Å²) in [6, 6.07) is 15.9. The average Bonchev–Trinajstić information content (AvgIpc) is 3.00. The van der Waals surface area contributed by atoms with Gasteiger partial charge in [-0.05, 0) is 67.3 Å². The molecular formula is C33H31F7N2O2. The topological polar surface area (TPSA) is 40.6 Å². The zero-order chi connectivity index (χ0) is 31.6. The van der Waals surface area contributed by atoms with Gasteiger partial charge < -0.3 is 4.90 Å². The number of ketones is 1. The SMILES string of the molecule is O=C(Cc1ccccc1)C1CCCN(C2CCN(C(=O)c3cc(C(F)(F)F)cc(C(F)(F)F)c3)CC2c2ccc(F)cc2)C1. The number of benzene rings is 3. The van der Waals surface area contributed by atoms with E-state index in [0.717, 1.165) is 18.4 Å². The third kappa shape index (κ3) is 7.31. The van der Waals surface area contributed by atoms with Crippen LogP contribution >= 0.6 is 0 Å². The molecule has 11 heteroatoms. The minimum absolute atomic E-state index is 0.00377. The van der Waals surface area contributed by atoms with E-state index < -0.39 is 46.7 Å². The van der Waals surface area contributed by atoms with E-state index >= 15 is 0 Å². The number of piperidine rings is 2. The molecule has 234 valence electrons. The molecule has 3 aromatic rings. The fourth-order valence-corrected chi connectivity index (χ4v) is 6.37. The summed E-state index contributed by atoms with van der Waals surface area (Å²) < 4.78 is 94.7. The number of alkyl halides is 6. The van der Waals surface area contributed by atoms with Gasteiger partial charge in [0.2, 0.25) is 0 Å². The molecule has 44 heavy (non-hydrogen) atoms. The monoisotopic (exact) mass is 620 g/mol. The Morgan fingerprint density at radius 2 is 1.41 bits per heavy atom. The van der Waals surface area contributed by atoms with E-state index in [9.17, 15) is 40.3 Å². The van der Waals surface area contributed by atoms with Crippen molar-refractivity contribution >= 4 is 11.7 Å². The molecule has 0 bridgehead atoms. The lowest BCUT2D eigenvalue weighted by atomic mass is 9.82. The normalized spacial score (nSPS) is 21.7. The van der Waals surface area contributed by atoms with Crippen LogP contribution in [0.25, 0.3) is 0 Å². The maximum Gasteiger partial charge on any atom is 0.416 e. The van der Waals surface area contributed by atoms with Gasteiger partial charge in [0.1, 0.15) is 11.6 Å². The highest BCUT2D eigenvalue weighted by atomic mass is 19.4. The highest BCUT2D eigenvalue weighted by molar-refractivity contribution is 5.95. The largest absolute Gasteiger partial charge is 0.416 e. The van der Waals surface area contributed by atoms with Gasteiger partial charge in [-0.1, -0.05) is 42.5 Å². The summed E-state index contributed by atoms with van der Waals surface area (Å²) in [6.45, 7) is 1.28. The van der Waals surface area contributed by atoms with E-state index in [1.165, 1.54) is 17.0 Å². The zero-order valence-electron chi connectivity index (χ0n) is 23.7. The third-order valence-electron chi connectivity index (χ3n) is 8.59. The first-order chi connectivity index (χ1) is 20.8. The van der Waals surface area contributed by atoms with Crippen molar-refractivity contribution < 1.29 is 40.3 Å². The van der Waals surface area contributed by atoms with E-state index in [-0.39, 0.29) is 36.9 Å². The summed E-state index contributed by atoms with van der Waals surface area (Å²) in [7, 11) is 0. The fourth-order valence-electron chi connectivity index (χ4n) is 6.37. The van der Waals surface area contributed by atoms with Crippen LogP contribution in [0.4, 0.5) is 30.7 Å². The van der Waals surface area contributed by atoms with Gasteiger partial charge in [0.25, 0.3) is 5.91 Å². The minimum atomic E-state index is -5.08. The summed E-state index contributed by atoms with van der Waals surface area (Å²) in [6.07, 6.45) is -7.98. The molecule has 3 aromatic carbocycles. The number of likely N-dealkylation sites (tertiary alicyclic amines) is 2. The van der Waals surface area contributed by atoms with E-state index in [0.29, 0.717) is 43.6 Å². The van der Waals surface area contributed by atoms with Gasteiger partial charge in [-0.3, -0.25) is 14.5 Å². The first-order valence-electron chi connectivity index (χ1n) is 14.4. The first kappa shape index (κ1) is 31.7. The van der Waals surface area contributed by atoms with Crippen LogP contribution in [0.3, 0.4) is 0 Å². The van der Waals surface area contributed by atoms with Gasteiger partial charge in [-0.15, -0.1) is 0 Å². The van der Waals surface area contributed by atoms with Crippen molar-refractivity contribution in [1.29, 1.82) is 0 Å². The summed E-state index contributed by atoms with van der Waals surface area (Å²) in [5.74, 6) is -1.91. The third-order valence-corrected chi connectivity index (χ3v) is 8.59. The fraction of sp³-hybridized carbons (Fsp3) is 0.394. The molecule has 2 heterocycles. The molecule has 3 atom stereocenters. The van der Waals surface area contributed by atoms with Crippen molar-refractivity contribution in [3.8, 4) is 0 Å². The molecule has 2 saturated heterocycles. The van der Waals surface area contributed by atoms with Crippen LogP contribution < -0.4 is 0 Å². The number of nitrogens with zero attached hydrogens (tertiary/aromatic N) is 2. The second kappa shape index (κ2) is 12.7. The quantitative estimate of drug-likeness (QED) is 0.270. The number of amides is 1. The molecule has 3 unspecified atom stereocenters. The van der Waals surface area contributed by atoms with E-state index in [1.807, 2.05) is 30.3 Å². The number of rotatable bonds is 6. The maximum absolute atomic E-state index is 13.8. The van der Waals surface area contributed by atoms with E-state index in [1.54, 1.807) is 12.1 Å². The lowest BCUT2D eigenvalue weighted by Gasteiger charge is -2.46. The summed E-state index contributed by atoms with van der Waals surface area (Å²) in [4.78, 5) is 30.1. The lowest BCUT2D eigenvalue weighted by Crippen LogP contribution is -2.54. The van der Waals surface area contributed by atoms with Crippen LogP contribution in [0.15, 0.2) is 72.8 Å². The van der Waals surface area contributed by atoms with Crippen molar-refractivity contribution in [2.75, 3.05) is 26.2 Å². The number of Topliss-reactive ketones (excluding diaryl/α,β-unsaturated/α-hetero) is 1. The van der Waals surface area contributed by atoms with Crippen LogP contribution in [0.2, 0.25) is 0 Å². The Morgan fingerprint density at radius 1 is 0.773 bits per heavy atom. The molecule has 0 N–H and O–H groups in total. The Balaban J connectivity index is 1.39. The van der Waals surface area contributed by atoms with E-state index in [2.05, 4.69) is 4.90 Å². The Hall–Kier alpha value is -3.73. The summed E-state index contributed by atoms with van der Waals surface area (Å²) >= 11 is 0. The maximum atomic E-state index is 13.8. The predicted octanol–water partition coefficient (Wildman–Crippen LogP) is 7.39. The van der Waals surface area contributed by atoms with Crippen molar-refractivity contribution in [3.63, 3.8) is 0 Å². The van der Waals surface area contributed by atoms with Gasteiger partial charge in [0.05, 0.1) is 11.1 Å². The molecule has 0 saturated carbocycles. The molecule has 0 radical (unpaired) electrons. The number of carbonyl (C=O) groups is 2. The molecule has 0 aromatic heterocycles. The molecule has 5 rings (SSSR count). The van der Waals surface area contributed by atoms with Crippen LogP contribution in [0, 0.1) is 11.7 Å². The number of hydrogen-bond donors (Lipinski definition) is 0. The average molecular weight is 621 g/mol. The Morgan fingerprint density at radius 3 is 2.02 bits per heavy atom. The number of carbonyl (C=O) groups excluding carboxylic acids is 2. The Labute approximate surface area is 250 Å².